The molecule has 25 heavy (non-hydrogen) atoms. The van der Waals surface area contributed by atoms with Crippen molar-refractivity contribution in [1.82, 2.24) is 15.5 Å². The molecule has 1 fully saturated rings. The summed E-state index contributed by atoms with van der Waals surface area (Å²) in [5, 5.41) is 6.66. The van der Waals surface area contributed by atoms with E-state index in [1.165, 1.54) is 0 Å². The first-order valence-corrected chi connectivity index (χ1v) is 8.81. The molecule has 2 rings (SSSR count). The number of nitrogens with one attached hydrogen (secondary N) is 2. The van der Waals surface area contributed by atoms with Gasteiger partial charge in [-0.05, 0) is 25.5 Å². The lowest BCUT2D eigenvalue weighted by Crippen LogP contribution is -2.44. The Kier molecular flexibility index (Phi) is 12.7. The zero-order valence-electron chi connectivity index (χ0n) is 15.0. The van der Waals surface area contributed by atoms with E-state index in [2.05, 4.69) is 27.4 Å². The number of hydrogen-bond donors (Lipinski definition) is 2. The number of aliphatic imine (C=N–C) groups is 1. The van der Waals surface area contributed by atoms with Crippen molar-refractivity contribution >= 4 is 29.9 Å². The number of nitrogens with zero attached hydrogens (tertiary/aromatic N) is 2. The molecule has 1 aromatic heterocycles. The van der Waals surface area contributed by atoms with E-state index in [1.54, 1.807) is 6.26 Å². The number of morpholine rings is 1. The Balaban J connectivity index is 0.00000312. The van der Waals surface area contributed by atoms with Gasteiger partial charge in [-0.15, -0.1) is 24.0 Å². The molecule has 0 unspecified atom stereocenters. The van der Waals surface area contributed by atoms with Gasteiger partial charge in [0.2, 0.25) is 0 Å². The van der Waals surface area contributed by atoms with E-state index in [0.29, 0.717) is 13.2 Å². The first kappa shape index (κ1) is 22.2. The molecular formula is C17H31IN4O3. The lowest BCUT2D eigenvalue weighted by molar-refractivity contribution is 0.0389. The maximum Gasteiger partial charge on any atom is 0.191 e. The van der Waals surface area contributed by atoms with Gasteiger partial charge in [0.05, 0.1) is 19.5 Å². The van der Waals surface area contributed by atoms with Crippen molar-refractivity contribution in [2.24, 2.45) is 4.99 Å². The fraction of sp³-hybridized carbons (Fsp3) is 0.706. The summed E-state index contributed by atoms with van der Waals surface area (Å²) < 4.78 is 16.1. The van der Waals surface area contributed by atoms with Gasteiger partial charge >= 0.3 is 0 Å². The molecule has 0 radical (unpaired) electrons. The van der Waals surface area contributed by atoms with E-state index in [9.17, 15) is 0 Å². The zero-order chi connectivity index (χ0) is 16.9. The predicted octanol–water partition coefficient (Wildman–Crippen LogP) is 1.69. The SMILES string of the molecule is CCNC(=NCCCOCc1ccco1)NCCN1CCOCC1.I. The van der Waals surface area contributed by atoms with Crippen LogP contribution < -0.4 is 10.6 Å². The smallest absolute Gasteiger partial charge is 0.191 e. The van der Waals surface area contributed by atoms with Crippen molar-refractivity contribution < 1.29 is 13.9 Å². The third-order valence-corrected chi connectivity index (χ3v) is 3.71. The maximum absolute atomic E-state index is 5.56. The fourth-order valence-electron chi connectivity index (χ4n) is 2.42. The van der Waals surface area contributed by atoms with E-state index in [-0.39, 0.29) is 24.0 Å². The largest absolute Gasteiger partial charge is 0.467 e. The third-order valence-electron chi connectivity index (χ3n) is 3.71. The molecule has 8 heteroatoms. The van der Waals surface area contributed by atoms with Crippen molar-refractivity contribution in [1.29, 1.82) is 0 Å². The Hall–Kier alpha value is -0.840. The second-order valence-electron chi connectivity index (χ2n) is 5.63. The number of halogens is 1. The van der Waals surface area contributed by atoms with E-state index in [4.69, 9.17) is 13.9 Å². The number of hydrogen-bond acceptors (Lipinski definition) is 5. The van der Waals surface area contributed by atoms with Crippen LogP contribution in [0.1, 0.15) is 19.1 Å². The molecule has 0 amide bonds. The van der Waals surface area contributed by atoms with Crippen molar-refractivity contribution in [2.75, 3.05) is 59.1 Å². The maximum atomic E-state index is 5.56. The molecule has 144 valence electrons. The summed E-state index contributed by atoms with van der Waals surface area (Å²) in [5.41, 5.74) is 0. The topological polar surface area (TPSA) is 71.3 Å². The van der Waals surface area contributed by atoms with Crippen molar-refractivity contribution in [2.45, 2.75) is 20.0 Å². The Morgan fingerprint density at radius 2 is 2.16 bits per heavy atom. The van der Waals surface area contributed by atoms with Gasteiger partial charge in [-0.2, -0.15) is 0 Å². The molecule has 0 spiro atoms. The molecule has 2 N–H and O–H groups in total. The lowest BCUT2D eigenvalue weighted by Gasteiger charge is -2.26. The van der Waals surface area contributed by atoms with Crippen LogP contribution in [0.2, 0.25) is 0 Å². The Labute approximate surface area is 167 Å². The summed E-state index contributed by atoms with van der Waals surface area (Å²) in [6, 6.07) is 3.79. The van der Waals surface area contributed by atoms with Gasteiger partial charge in [0.1, 0.15) is 12.4 Å². The summed E-state index contributed by atoms with van der Waals surface area (Å²) in [7, 11) is 0. The molecule has 1 aromatic rings. The first-order chi connectivity index (χ1) is 11.9. The number of guanidine groups is 1. The molecule has 0 bridgehead atoms. The van der Waals surface area contributed by atoms with Crippen LogP contribution in [0.25, 0.3) is 0 Å². The van der Waals surface area contributed by atoms with Crippen molar-refractivity contribution in [3.05, 3.63) is 24.2 Å². The normalized spacial score (nSPS) is 15.6. The van der Waals surface area contributed by atoms with Crippen LogP contribution in [0.5, 0.6) is 0 Å². The van der Waals surface area contributed by atoms with E-state index >= 15 is 0 Å². The minimum atomic E-state index is 0. The van der Waals surface area contributed by atoms with E-state index in [1.807, 2.05) is 12.1 Å². The van der Waals surface area contributed by atoms with Crippen LogP contribution >= 0.6 is 24.0 Å². The minimum absolute atomic E-state index is 0. The van der Waals surface area contributed by atoms with Gasteiger partial charge < -0.3 is 24.5 Å². The van der Waals surface area contributed by atoms with Crippen LogP contribution in [-0.4, -0.2) is 69.9 Å². The number of furan rings is 1. The monoisotopic (exact) mass is 466 g/mol. The van der Waals surface area contributed by atoms with Gasteiger partial charge in [-0.3, -0.25) is 9.89 Å². The third kappa shape index (κ3) is 10.0. The molecule has 0 saturated carbocycles. The van der Waals surface area contributed by atoms with Crippen molar-refractivity contribution in [3.63, 3.8) is 0 Å². The average Bonchev–Trinajstić information content (AvgIpc) is 3.12. The van der Waals surface area contributed by atoms with Crippen LogP contribution in [0.4, 0.5) is 0 Å². The highest BCUT2D eigenvalue weighted by Crippen LogP contribution is 2.01. The van der Waals surface area contributed by atoms with Gasteiger partial charge in [0.25, 0.3) is 0 Å². The second kappa shape index (κ2) is 14.3. The summed E-state index contributed by atoms with van der Waals surface area (Å²) in [6.07, 6.45) is 2.55. The van der Waals surface area contributed by atoms with Crippen LogP contribution in [0, 0.1) is 0 Å². The molecule has 1 aliphatic heterocycles. The molecule has 0 atom stereocenters. The molecule has 0 aromatic carbocycles. The van der Waals surface area contributed by atoms with Crippen LogP contribution in [0.15, 0.2) is 27.8 Å². The van der Waals surface area contributed by atoms with E-state index in [0.717, 1.165) is 70.6 Å². The summed E-state index contributed by atoms with van der Waals surface area (Å²) in [6.45, 7) is 10.5. The van der Waals surface area contributed by atoms with Gasteiger partial charge in [0, 0.05) is 45.9 Å². The predicted molar refractivity (Wildman–Crippen MR) is 110 cm³/mol. The molecule has 7 nitrogen and oxygen atoms in total. The molecule has 2 heterocycles. The summed E-state index contributed by atoms with van der Waals surface area (Å²) in [4.78, 5) is 6.98. The highest BCUT2D eigenvalue weighted by Gasteiger charge is 2.09. The summed E-state index contributed by atoms with van der Waals surface area (Å²) in [5.74, 6) is 1.73. The molecule has 0 aliphatic carbocycles. The quantitative estimate of drug-likeness (QED) is 0.237. The second-order valence-corrected chi connectivity index (χ2v) is 5.63. The highest BCUT2D eigenvalue weighted by atomic mass is 127. The fourth-order valence-corrected chi connectivity index (χ4v) is 2.42. The van der Waals surface area contributed by atoms with Crippen LogP contribution in [0.3, 0.4) is 0 Å². The van der Waals surface area contributed by atoms with E-state index < -0.39 is 0 Å². The number of rotatable bonds is 10. The lowest BCUT2D eigenvalue weighted by atomic mass is 10.4. The minimum Gasteiger partial charge on any atom is -0.467 e. The first-order valence-electron chi connectivity index (χ1n) is 8.81. The highest BCUT2D eigenvalue weighted by molar-refractivity contribution is 14.0. The average molecular weight is 466 g/mol. The van der Waals surface area contributed by atoms with Gasteiger partial charge in [-0.1, -0.05) is 0 Å². The Morgan fingerprint density at radius 3 is 2.88 bits per heavy atom. The van der Waals surface area contributed by atoms with Crippen LogP contribution in [-0.2, 0) is 16.1 Å². The summed E-state index contributed by atoms with van der Waals surface area (Å²) >= 11 is 0. The zero-order valence-corrected chi connectivity index (χ0v) is 17.4. The Bertz CT molecular complexity index is 451. The van der Waals surface area contributed by atoms with Gasteiger partial charge in [0.15, 0.2) is 5.96 Å². The molecule has 1 aliphatic rings. The molecular weight excluding hydrogens is 435 g/mol. The standard InChI is InChI=1S/C17H30N4O3.HI/c1-2-18-17(20-7-8-21-9-13-22-14-10-21)19-6-4-11-23-15-16-5-3-12-24-16;/h3,5,12H,2,4,6-11,13-15H2,1H3,(H2,18,19,20);1H. The number of ether oxygens (including phenoxy) is 2. The Morgan fingerprint density at radius 1 is 1.32 bits per heavy atom. The molecule has 1 saturated heterocycles. The van der Waals surface area contributed by atoms with Crippen molar-refractivity contribution in [3.8, 4) is 0 Å². The van der Waals surface area contributed by atoms with Gasteiger partial charge in [-0.25, -0.2) is 0 Å².